The van der Waals surface area contributed by atoms with E-state index in [1.807, 2.05) is 71.6 Å². The first kappa shape index (κ1) is 25.8. The molecule has 36 heavy (non-hydrogen) atoms. The average Bonchev–Trinajstić information content (AvgIpc) is 3.27. The van der Waals surface area contributed by atoms with Gasteiger partial charge in [-0.05, 0) is 59.7 Å². The summed E-state index contributed by atoms with van der Waals surface area (Å²) in [6.45, 7) is 4.99. The minimum Gasteiger partial charge on any atom is -0.497 e. The summed E-state index contributed by atoms with van der Waals surface area (Å²) in [4.78, 5) is 27.7. The lowest BCUT2D eigenvalue weighted by Gasteiger charge is -2.25. The first-order valence-electron chi connectivity index (χ1n) is 12.4. The summed E-state index contributed by atoms with van der Waals surface area (Å²) in [5.74, 6) is 1.78. The molecule has 0 saturated carbocycles. The highest BCUT2D eigenvalue weighted by atomic mass is 32.2. The molecule has 188 valence electrons. The monoisotopic (exact) mass is 502 g/mol. The zero-order valence-corrected chi connectivity index (χ0v) is 22.0. The van der Waals surface area contributed by atoms with Gasteiger partial charge in [0.05, 0.1) is 18.9 Å². The average molecular weight is 503 g/mol. The zero-order valence-electron chi connectivity index (χ0n) is 21.1. The van der Waals surface area contributed by atoms with Crippen LogP contribution in [0.3, 0.4) is 0 Å². The van der Waals surface area contributed by atoms with Crippen LogP contribution in [0, 0.1) is 5.92 Å². The molecule has 1 N–H and O–H groups in total. The molecular weight excluding hydrogens is 468 g/mol. The van der Waals surface area contributed by atoms with E-state index in [0.29, 0.717) is 23.8 Å². The van der Waals surface area contributed by atoms with Crippen molar-refractivity contribution in [2.45, 2.75) is 38.1 Å². The maximum Gasteiger partial charge on any atom is 0.251 e. The minimum atomic E-state index is -0.0981. The lowest BCUT2D eigenvalue weighted by Crippen LogP contribution is -2.30. The first-order chi connectivity index (χ1) is 17.4. The smallest absolute Gasteiger partial charge is 0.251 e. The Bertz CT molecular complexity index is 1150. The molecule has 2 amide bonds. The number of carbonyl (C=O) groups excluding carboxylic acids is 2. The van der Waals surface area contributed by atoms with Crippen LogP contribution in [0.15, 0.2) is 78.9 Å². The van der Waals surface area contributed by atoms with Gasteiger partial charge in [-0.2, -0.15) is 0 Å². The first-order valence-corrected chi connectivity index (χ1v) is 13.5. The van der Waals surface area contributed by atoms with Crippen molar-refractivity contribution in [1.29, 1.82) is 0 Å². The summed E-state index contributed by atoms with van der Waals surface area (Å²) in [5.41, 5.74) is 3.95. The Kier molecular flexibility index (Phi) is 8.70. The molecule has 0 aliphatic carbocycles. The van der Waals surface area contributed by atoms with E-state index in [0.717, 1.165) is 29.7 Å². The maximum absolute atomic E-state index is 13.1. The SMILES string of the molecule is COc1ccc([C@@H](CC(C)C)NC(=O)c2ccc([C@H]3SCC(=O)N3CCc3ccccc3)cc2)cc1. The largest absolute Gasteiger partial charge is 0.497 e. The summed E-state index contributed by atoms with van der Waals surface area (Å²) >= 11 is 1.64. The maximum atomic E-state index is 13.1. The Labute approximate surface area is 218 Å². The molecular formula is C30H34N2O3S. The third kappa shape index (κ3) is 6.49. The molecule has 0 spiro atoms. The van der Waals surface area contributed by atoms with Crippen LogP contribution in [0.5, 0.6) is 5.75 Å². The number of methoxy groups -OCH3 is 1. The van der Waals surface area contributed by atoms with Crippen molar-refractivity contribution >= 4 is 23.6 Å². The van der Waals surface area contributed by atoms with Crippen molar-refractivity contribution in [3.05, 3.63) is 101 Å². The summed E-state index contributed by atoms with van der Waals surface area (Å²) in [7, 11) is 1.65. The van der Waals surface area contributed by atoms with Gasteiger partial charge in [0.2, 0.25) is 5.91 Å². The third-order valence-corrected chi connectivity index (χ3v) is 7.70. The molecule has 4 rings (SSSR count). The molecule has 1 aliphatic rings. The van der Waals surface area contributed by atoms with Gasteiger partial charge in [-0.1, -0.05) is 68.4 Å². The fourth-order valence-corrected chi connectivity index (χ4v) is 5.71. The van der Waals surface area contributed by atoms with Gasteiger partial charge >= 0.3 is 0 Å². The topological polar surface area (TPSA) is 58.6 Å². The Morgan fingerprint density at radius 2 is 1.72 bits per heavy atom. The molecule has 3 aromatic carbocycles. The van der Waals surface area contributed by atoms with Crippen LogP contribution >= 0.6 is 11.8 Å². The van der Waals surface area contributed by atoms with Gasteiger partial charge in [-0.15, -0.1) is 11.8 Å². The highest BCUT2D eigenvalue weighted by Crippen LogP contribution is 2.38. The van der Waals surface area contributed by atoms with Gasteiger partial charge in [0.25, 0.3) is 5.91 Å². The Morgan fingerprint density at radius 3 is 2.36 bits per heavy atom. The molecule has 2 atom stereocenters. The molecule has 6 heteroatoms. The Balaban J connectivity index is 1.43. The third-order valence-electron chi connectivity index (χ3n) is 6.44. The van der Waals surface area contributed by atoms with E-state index in [2.05, 4.69) is 31.3 Å². The van der Waals surface area contributed by atoms with Gasteiger partial charge in [-0.25, -0.2) is 0 Å². The standard InChI is InChI=1S/C30H34N2O3S/c1-21(2)19-27(23-13-15-26(35-3)16-14-23)31-29(34)24-9-11-25(12-10-24)30-32(28(33)20-36-30)18-17-22-7-5-4-6-8-22/h4-16,21,27,30H,17-20H2,1-3H3,(H,31,34)/t27-,30-/m1/s1. The molecule has 0 aromatic heterocycles. The zero-order chi connectivity index (χ0) is 25.5. The van der Waals surface area contributed by atoms with Gasteiger partial charge in [0.15, 0.2) is 0 Å². The van der Waals surface area contributed by atoms with Gasteiger partial charge < -0.3 is 15.0 Å². The van der Waals surface area contributed by atoms with Crippen LogP contribution in [0.2, 0.25) is 0 Å². The second-order valence-electron chi connectivity index (χ2n) is 9.54. The molecule has 5 nitrogen and oxygen atoms in total. The van der Waals surface area contributed by atoms with E-state index < -0.39 is 0 Å². The van der Waals surface area contributed by atoms with E-state index in [4.69, 9.17) is 4.74 Å². The fourth-order valence-electron chi connectivity index (χ4n) is 4.49. The molecule has 0 unspecified atom stereocenters. The van der Waals surface area contributed by atoms with Crippen molar-refractivity contribution in [3.8, 4) is 5.75 Å². The second-order valence-corrected chi connectivity index (χ2v) is 10.6. The number of hydrogen-bond donors (Lipinski definition) is 1. The number of hydrogen-bond acceptors (Lipinski definition) is 4. The van der Waals surface area contributed by atoms with E-state index >= 15 is 0 Å². The highest BCUT2D eigenvalue weighted by Gasteiger charge is 2.32. The number of amides is 2. The summed E-state index contributed by atoms with van der Waals surface area (Å²) in [6.07, 6.45) is 1.67. The van der Waals surface area contributed by atoms with Crippen molar-refractivity contribution in [2.75, 3.05) is 19.4 Å². The molecule has 1 heterocycles. The van der Waals surface area contributed by atoms with E-state index in [9.17, 15) is 9.59 Å². The van der Waals surface area contributed by atoms with Crippen molar-refractivity contribution in [1.82, 2.24) is 10.2 Å². The van der Waals surface area contributed by atoms with Crippen LogP contribution in [0.25, 0.3) is 0 Å². The van der Waals surface area contributed by atoms with Crippen LogP contribution in [0.1, 0.15) is 58.7 Å². The van der Waals surface area contributed by atoms with Crippen molar-refractivity contribution in [3.63, 3.8) is 0 Å². The number of benzene rings is 3. The Hall–Kier alpha value is -3.25. The predicted octanol–water partition coefficient (Wildman–Crippen LogP) is 6.03. The number of thioether (sulfide) groups is 1. The molecule has 1 aliphatic heterocycles. The van der Waals surface area contributed by atoms with Crippen LogP contribution in [0.4, 0.5) is 0 Å². The molecule has 1 saturated heterocycles. The fraction of sp³-hybridized carbons (Fsp3) is 0.333. The number of rotatable bonds is 10. The predicted molar refractivity (Wildman–Crippen MR) is 146 cm³/mol. The summed E-state index contributed by atoms with van der Waals surface area (Å²) in [5, 5.41) is 3.19. The van der Waals surface area contributed by atoms with E-state index in [1.165, 1.54) is 5.56 Å². The highest BCUT2D eigenvalue weighted by molar-refractivity contribution is 8.00. The molecule has 3 aromatic rings. The van der Waals surface area contributed by atoms with Crippen LogP contribution < -0.4 is 10.1 Å². The summed E-state index contributed by atoms with van der Waals surface area (Å²) in [6, 6.07) is 25.7. The lowest BCUT2D eigenvalue weighted by molar-refractivity contribution is -0.128. The van der Waals surface area contributed by atoms with Gasteiger partial charge in [0.1, 0.15) is 11.1 Å². The Morgan fingerprint density at radius 1 is 1.03 bits per heavy atom. The normalized spacial score (nSPS) is 16.3. The quantitative estimate of drug-likeness (QED) is 0.368. The van der Waals surface area contributed by atoms with E-state index in [-0.39, 0.29) is 23.2 Å². The minimum absolute atomic E-state index is 0.0219. The number of ether oxygens (including phenoxy) is 1. The molecule has 0 radical (unpaired) electrons. The number of carbonyl (C=O) groups is 2. The van der Waals surface area contributed by atoms with Crippen LogP contribution in [-0.2, 0) is 11.2 Å². The van der Waals surface area contributed by atoms with Gasteiger partial charge in [0, 0.05) is 12.1 Å². The van der Waals surface area contributed by atoms with Crippen molar-refractivity contribution < 1.29 is 14.3 Å². The number of nitrogens with zero attached hydrogens (tertiary/aromatic N) is 1. The van der Waals surface area contributed by atoms with Gasteiger partial charge in [-0.3, -0.25) is 9.59 Å². The number of nitrogens with one attached hydrogen (secondary N) is 1. The molecule has 1 fully saturated rings. The second kappa shape index (κ2) is 12.1. The van der Waals surface area contributed by atoms with Crippen molar-refractivity contribution in [2.24, 2.45) is 5.92 Å². The van der Waals surface area contributed by atoms with Crippen LogP contribution in [-0.4, -0.2) is 36.1 Å². The summed E-state index contributed by atoms with van der Waals surface area (Å²) < 4.78 is 5.27. The molecule has 0 bridgehead atoms. The van der Waals surface area contributed by atoms with E-state index in [1.54, 1.807) is 18.9 Å². The lowest BCUT2D eigenvalue weighted by atomic mass is 9.96.